The van der Waals surface area contributed by atoms with Gasteiger partial charge in [0.25, 0.3) is 0 Å². The zero-order valence-corrected chi connectivity index (χ0v) is 19.7. The Morgan fingerprint density at radius 1 is 1.03 bits per heavy atom. The number of benzene rings is 1. The first-order valence-corrected chi connectivity index (χ1v) is 11.8. The summed E-state index contributed by atoms with van der Waals surface area (Å²) in [6.45, 7) is 4.83. The third-order valence-electron chi connectivity index (χ3n) is 5.66. The van der Waals surface area contributed by atoms with Crippen LogP contribution in [-0.4, -0.2) is 53.9 Å². The van der Waals surface area contributed by atoms with Crippen molar-refractivity contribution in [2.45, 2.75) is 31.3 Å². The predicted octanol–water partition coefficient (Wildman–Crippen LogP) is 3.08. The lowest BCUT2D eigenvalue weighted by molar-refractivity contribution is 0.681. The third-order valence-corrected chi connectivity index (χ3v) is 6.62. The van der Waals surface area contributed by atoms with Gasteiger partial charge in [0.1, 0.15) is 12.0 Å². The summed E-state index contributed by atoms with van der Waals surface area (Å²) in [5, 5.41) is 24.1. The molecule has 34 heavy (non-hydrogen) atoms. The molecule has 170 valence electrons. The summed E-state index contributed by atoms with van der Waals surface area (Å²) >= 11 is 1.55. The molecule has 0 atom stereocenters. The summed E-state index contributed by atoms with van der Waals surface area (Å²) < 4.78 is 7.41. The first kappa shape index (κ1) is 20.5. The molecule has 0 aliphatic rings. The highest BCUT2D eigenvalue weighted by atomic mass is 32.2. The van der Waals surface area contributed by atoms with E-state index in [2.05, 4.69) is 42.0 Å². The first-order chi connectivity index (χ1) is 16.6. The maximum Gasteiger partial charge on any atom is 0.191 e. The minimum atomic E-state index is 0.551. The van der Waals surface area contributed by atoms with Crippen molar-refractivity contribution in [1.29, 1.82) is 0 Å². The predicted molar refractivity (Wildman–Crippen MR) is 128 cm³/mol. The van der Waals surface area contributed by atoms with Crippen LogP contribution in [0.5, 0.6) is 0 Å². The van der Waals surface area contributed by atoms with Gasteiger partial charge in [0.05, 0.1) is 23.0 Å². The molecule has 12 heteroatoms. The fourth-order valence-corrected chi connectivity index (χ4v) is 4.70. The van der Waals surface area contributed by atoms with Gasteiger partial charge in [-0.25, -0.2) is 19.2 Å². The fraction of sp³-hybridized carbons (Fsp3) is 0.227. The van der Waals surface area contributed by atoms with E-state index in [9.17, 15) is 0 Å². The summed E-state index contributed by atoms with van der Waals surface area (Å²) in [5.74, 6) is 2.00. The van der Waals surface area contributed by atoms with Crippen LogP contribution in [0.1, 0.15) is 18.4 Å². The molecule has 0 spiro atoms. The van der Waals surface area contributed by atoms with Gasteiger partial charge in [-0.05, 0) is 32.0 Å². The summed E-state index contributed by atoms with van der Waals surface area (Å²) in [6, 6.07) is 11.9. The van der Waals surface area contributed by atoms with E-state index in [1.165, 1.54) is 0 Å². The van der Waals surface area contributed by atoms with Gasteiger partial charge in [0, 0.05) is 19.3 Å². The van der Waals surface area contributed by atoms with E-state index in [0.29, 0.717) is 11.6 Å². The molecular weight excluding hydrogens is 450 g/mol. The lowest BCUT2D eigenvalue weighted by atomic mass is 10.3. The highest BCUT2D eigenvalue weighted by molar-refractivity contribution is 7.98. The lowest BCUT2D eigenvalue weighted by Crippen LogP contribution is -2.01. The van der Waals surface area contributed by atoms with Crippen molar-refractivity contribution in [2.75, 3.05) is 0 Å². The number of aromatic nitrogens is 11. The van der Waals surface area contributed by atoms with Crippen LogP contribution in [-0.2, 0) is 19.3 Å². The molecule has 5 heterocycles. The molecule has 6 rings (SSSR count). The number of hydrogen-bond donors (Lipinski definition) is 0. The van der Waals surface area contributed by atoms with Crippen molar-refractivity contribution in [3.05, 3.63) is 60.4 Å². The van der Waals surface area contributed by atoms with Gasteiger partial charge < -0.3 is 4.57 Å². The zero-order valence-electron chi connectivity index (χ0n) is 18.9. The number of fused-ring (bicyclic) bond motifs is 3. The van der Waals surface area contributed by atoms with E-state index < -0.39 is 0 Å². The second kappa shape index (κ2) is 8.06. The van der Waals surface area contributed by atoms with Crippen LogP contribution in [0.25, 0.3) is 33.9 Å². The summed E-state index contributed by atoms with van der Waals surface area (Å²) in [6.07, 6.45) is 3.46. The van der Waals surface area contributed by atoms with Crippen LogP contribution in [0.4, 0.5) is 0 Å². The number of para-hydroxylation sites is 1. The number of rotatable bonds is 6. The molecule has 0 bridgehead atoms. The Labute approximate surface area is 198 Å². The monoisotopic (exact) mass is 471 g/mol. The minimum absolute atomic E-state index is 0.551. The maximum atomic E-state index is 4.76. The van der Waals surface area contributed by atoms with Gasteiger partial charge in [-0.1, -0.05) is 30.0 Å². The SMILES string of the molecule is CCn1c(SCc2nc3c4cnn(-c5ccccc5)c4ncn3n2)nnc1-c1cc(C)n(C)n1. The zero-order chi connectivity index (χ0) is 23.2. The molecule has 1 aromatic carbocycles. The molecular formula is C22H21N11S. The molecule has 0 amide bonds. The molecule has 6 aromatic rings. The molecule has 0 fully saturated rings. The van der Waals surface area contributed by atoms with Crippen molar-refractivity contribution in [3.63, 3.8) is 0 Å². The van der Waals surface area contributed by atoms with Gasteiger partial charge in [-0.15, -0.1) is 15.3 Å². The van der Waals surface area contributed by atoms with Crippen molar-refractivity contribution in [3.8, 4) is 17.2 Å². The second-order valence-corrected chi connectivity index (χ2v) is 8.75. The molecule has 0 saturated heterocycles. The van der Waals surface area contributed by atoms with E-state index in [1.54, 1.807) is 28.8 Å². The lowest BCUT2D eigenvalue weighted by Gasteiger charge is -2.04. The van der Waals surface area contributed by atoms with Gasteiger partial charge in [0.15, 0.2) is 28.1 Å². The van der Waals surface area contributed by atoms with Crippen LogP contribution >= 0.6 is 11.8 Å². The molecule has 11 nitrogen and oxygen atoms in total. The number of aryl methyl sites for hydroxylation is 2. The maximum absolute atomic E-state index is 4.76. The molecule has 0 N–H and O–H groups in total. The standard InChI is InChI=1S/C22H21N11S/c1-4-31-21(17-10-14(2)30(3)28-17)26-27-22(31)34-12-18-25-20-16-11-24-33(15-8-6-5-7-9-15)19(16)23-13-32(20)29-18/h5-11,13H,4,12H2,1-3H3. The topological polar surface area (TPSA) is 109 Å². The Morgan fingerprint density at radius 3 is 2.65 bits per heavy atom. The highest BCUT2D eigenvalue weighted by Gasteiger charge is 2.18. The summed E-state index contributed by atoms with van der Waals surface area (Å²) in [5.41, 5.74) is 4.30. The van der Waals surface area contributed by atoms with Crippen LogP contribution < -0.4 is 0 Å². The van der Waals surface area contributed by atoms with Crippen LogP contribution in [0, 0.1) is 6.92 Å². The van der Waals surface area contributed by atoms with Gasteiger partial charge in [0.2, 0.25) is 0 Å². The van der Waals surface area contributed by atoms with Crippen LogP contribution in [0.3, 0.4) is 0 Å². The smallest absolute Gasteiger partial charge is 0.191 e. The molecule has 0 radical (unpaired) electrons. The molecule has 0 aliphatic heterocycles. The van der Waals surface area contributed by atoms with Crippen molar-refractivity contribution in [2.24, 2.45) is 7.05 Å². The highest BCUT2D eigenvalue weighted by Crippen LogP contribution is 2.26. The molecule has 5 aromatic heterocycles. The largest absolute Gasteiger partial charge is 0.301 e. The number of hydrogen-bond acceptors (Lipinski definition) is 8. The first-order valence-electron chi connectivity index (χ1n) is 10.8. The molecule has 0 saturated carbocycles. The minimum Gasteiger partial charge on any atom is -0.301 e. The van der Waals surface area contributed by atoms with Gasteiger partial charge in [-0.3, -0.25) is 4.68 Å². The number of nitrogens with zero attached hydrogens (tertiary/aromatic N) is 11. The van der Waals surface area contributed by atoms with E-state index in [1.807, 2.05) is 59.7 Å². The Balaban J connectivity index is 1.29. The Kier molecular flexibility index (Phi) is 4.87. The quantitative estimate of drug-likeness (QED) is 0.341. The van der Waals surface area contributed by atoms with E-state index in [0.717, 1.165) is 51.3 Å². The normalized spacial score (nSPS) is 11.7. The summed E-state index contributed by atoms with van der Waals surface area (Å²) in [7, 11) is 1.92. The average Bonchev–Trinajstić information content (AvgIpc) is 3.62. The summed E-state index contributed by atoms with van der Waals surface area (Å²) in [4.78, 5) is 9.33. The van der Waals surface area contributed by atoms with E-state index in [-0.39, 0.29) is 0 Å². The fourth-order valence-electron chi connectivity index (χ4n) is 3.85. The van der Waals surface area contributed by atoms with Gasteiger partial charge in [-0.2, -0.15) is 10.2 Å². The second-order valence-electron chi connectivity index (χ2n) is 7.80. The Bertz CT molecular complexity index is 1600. The van der Waals surface area contributed by atoms with E-state index >= 15 is 0 Å². The van der Waals surface area contributed by atoms with Crippen molar-refractivity contribution >= 4 is 28.4 Å². The van der Waals surface area contributed by atoms with Crippen molar-refractivity contribution < 1.29 is 0 Å². The molecule has 0 unspecified atom stereocenters. The van der Waals surface area contributed by atoms with Crippen molar-refractivity contribution in [1.82, 2.24) is 53.9 Å². The van der Waals surface area contributed by atoms with Crippen LogP contribution in [0.2, 0.25) is 0 Å². The molecule has 0 aliphatic carbocycles. The Morgan fingerprint density at radius 2 is 1.88 bits per heavy atom. The number of thioether (sulfide) groups is 1. The Hall–Kier alpha value is -4.06. The van der Waals surface area contributed by atoms with Gasteiger partial charge >= 0.3 is 0 Å². The van der Waals surface area contributed by atoms with E-state index in [4.69, 9.17) is 4.98 Å². The van der Waals surface area contributed by atoms with Crippen LogP contribution in [0.15, 0.2) is 54.1 Å². The third kappa shape index (κ3) is 3.34. The average molecular weight is 472 g/mol.